The van der Waals surface area contributed by atoms with Crippen molar-refractivity contribution in [2.75, 3.05) is 13.1 Å². The van der Waals surface area contributed by atoms with Crippen LogP contribution in [0.25, 0.3) is 0 Å². The van der Waals surface area contributed by atoms with Crippen LogP contribution in [0.4, 0.5) is 8.78 Å². The molecule has 3 atom stereocenters. The highest BCUT2D eigenvalue weighted by Gasteiger charge is 2.35. The number of rotatable bonds is 7. The van der Waals surface area contributed by atoms with Crippen molar-refractivity contribution in [1.82, 2.24) is 15.3 Å². The molecule has 0 spiro atoms. The Balaban J connectivity index is 1.90. The molecule has 2 heterocycles. The van der Waals surface area contributed by atoms with E-state index in [9.17, 15) is 8.78 Å². The van der Waals surface area contributed by atoms with Gasteiger partial charge in [0.1, 0.15) is 22.7 Å². The fourth-order valence-corrected chi connectivity index (χ4v) is 4.07. The van der Waals surface area contributed by atoms with Gasteiger partial charge >= 0.3 is 0 Å². The highest BCUT2D eigenvalue weighted by molar-refractivity contribution is 7.80. The standard InChI is InChI=1S/C21H26F2N4OS/c1-3-12-7-10-26-21(27-12)14-11-25-9-8-13(14)16(4-2)28-17-6-5-15(22)18(19(17)23)20(24)29/h5-7,10,13-14,16,25H,3-4,8-9,11H2,1-2H3,(H2,24,29). The average molecular weight is 421 g/mol. The maximum absolute atomic E-state index is 14.8. The second kappa shape index (κ2) is 9.54. The molecule has 0 amide bonds. The van der Waals surface area contributed by atoms with E-state index in [0.717, 1.165) is 43.5 Å². The largest absolute Gasteiger partial charge is 0.487 e. The Morgan fingerprint density at radius 2 is 2.14 bits per heavy atom. The van der Waals surface area contributed by atoms with E-state index in [4.69, 9.17) is 27.7 Å². The zero-order chi connectivity index (χ0) is 21.0. The van der Waals surface area contributed by atoms with E-state index in [1.165, 1.54) is 6.07 Å². The molecule has 3 N–H and O–H groups in total. The second-order valence-electron chi connectivity index (χ2n) is 7.19. The van der Waals surface area contributed by atoms with Crippen molar-refractivity contribution in [2.45, 2.75) is 45.1 Å². The number of nitrogens with two attached hydrogens (primary N) is 1. The monoisotopic (exact) mass is 420 g/mol. The molecule has 1 aliphatic heterocycles. The lowest BCUT2D eigenvalue weighted by atomic mass is 9.80. The number of nitrogens with zero attached hydrogens (tertiary/aromatic N) is 2. The summed E-state index contributed by atoms with van der Waals surface area (Å²) in [4.78, 5) is 8.85. The fourth-order valence-electron chi connectivity index (χ4n) is 3.88. The lowest BCUT2D eigenvalue weighted by molar-refractivity contribution is 0.0877. The molecule has 1 aliphatic rings. The summed E-state index contributed by atoms with van der Waals surface area (Å²) >= 11 is 4.79. The number of hydrogen-bond donors (Lipinski definition) is 2. The molecule has 1 saturated heterocycles. The van der Waals surface area contributed by atoms with Crippen molar-refractivity contribution in [3.63, 3.8) is 0 Å². The van der Waals surface area contributed by atoms with Gasteiger partial charge in [0.15, 0.2) is 11.6 Å². The molecule has 0 bridgehead atoms. The van der Waals surface area contributed by atoms with Gasteiger partial charge in [-0.05, 0) is 44.0 Å². The number of thiocarbonyl (C=S) groups is 1. The van der Waals surface area contributed by atoms with E-state index >= 15 is 0 Å². The zero-order valence-corrected chi connectivity index (χ0v) is 17.4. The van der Waals surface area contributed by atoms with Crippen LogP contribution in [0, 0.1) is 17.6 Å². The maximum Gasteiger partial charge on any atom is 0.178 e. The number of halogens is 2. The molecule has 0 saturated carbocycles. The number of ether oxygens (including phenoxy) is 1. The molecule has 0 aliphatic carbocycles. The Bertz CT molecular complexity index is 880. The van der Waals surface area contributed by atoms with Crippen LogP contribution in [0.15, 0.2) is 24.4 Å². The number of benzene rings is 1. The van der Waals surface area contributed by atoms with Crippen LogP contribution in [0.2, 0.25) is 0 Å². The number of aromatic nitrogens is 2. The van der Waals surface area contributed by atoms with Crippen LogP contribution < -0.4 is 15.8 Å². The second-order valence-corrected chi connectivity index (χ2v) is 7.63. The highest BCUT2D eigenvalue weighted by atomic mass is 32.1. The number of nitrogens with one attached hydrogen (secondary N) is 1. The van der Waals surface area contributed by atoms with Gasteiger partial charge in [-0.15, -0.1) is 0 Å². The van der Waals surface area contributed by atoms with Crippen LogP contribution in [0.1, 0.15) is 49.7 Å². The summed E-state index contributed by atoms with van der Waals surface area (Å²) in [6.07, 6.45) is 3.83. The van der Waals surface area contributed by atoms with Gasteiger partial charge in [0.05, 0.1) is 5.56 Å². The Labute approximate surface area is 175 Å². The lowest BCUT2D eigenvalue weighted by Gasteiger charge is -2.36. The molecule has 1 fully saturated rings. The van der Waals surface area contributed by atoms with Crippen LogP contribution in [0.3, 0.4) is 0 Å². The van der Waals surface area contributed by atoms with Crippen LogP contribution in [0.5, 0.6) is 5.75 Å². The Hall–Kier alpha value is -2.19. The summed E-state index contributed by atoms with van der Waals surface area (Å²) < 4.78 is 34.8. The molecule has 156 valence electrons. The third kappa shape index (κ3) is 4.70. The summed E-state index contributed by atoms with van der Waals surface area (Å²) in [6, 6.07) is 4.33. The molecular weight excluding hydrogens is 394 g/mol. The van der Waals surface area contributed by atoms with E-state index in [1.807, 2.05) is 13.0 Å². The van der Waals surface area contributed by atoms with Crippen molar-refractivity contribution < 1.29 is 13.5 Å². The summed E-state index contributed by atoms with van der Waals surface area (Å²) in [5.41, 5.74) is 6.06. The first kappa shape index (κ1) is 21.5. The van der Waals surface area contributed by atoms with Gasteiger partial charge < -0.3 is 15.8 Å². The number of hydrogen-bond acceptors (Lipinski definition) is 5. The zero-order valence-electron chi connectivity index (χ0n) is 16.6. The van der Waals surface area contributed by atoms with Gasteiger partial charge in [-0.2, -0.15) is 0 Å². The molecule has 3 unspecified atom stereocenters. The Morgan fingerprint density at radius 1 is 1.34 bits per heavy atom. The molecule has 0 radical (unpaired) electrons. The normalized spacial score (nSPS) is 20.3. The van der Waals surface area contributed by atoms with Crippen molar-refractivity contribution >= 4 is 17.2 Å². The van der Waals surface area contributed by atoms with Gasteiger partial charge in [-0.3, -0.25) is 0 Å². The first-order valence-electron chi connectivity index (χ1n) is 9.93. The molecule has 1 aromatic carbocycles. The summed E-state index contributed by atoms with van der Waals surface area (Å²) in [6.45, 7) is 5.60. The van der Waals surface area contributed by atoms with Crippen LogP contribution >= 0.6 is 12.2 Å². The van der Waals surface area contributed by atoms with Crippen LogP contribution in [-0.2, 0) is 6.42 Å². The van der Waals surface area contributed by atoms with Crippen molar-refractivity contribution in [3.05, 3.63) is 53.1 Å². The minimum absolute atomic E-state index is 0.0402. The van der Waals surface area contributed by atoms with Gasteiger partial charge in [0.2, 0.25) is 0 Å². The molecule has 5 nitrogen and oxygen atoms in total. The molecule has 8 heteroatoms. The van der Waals surface area contributed by atoms with Gasteiger partial charge in [0.25, 0.3) is 0 Å². The number of aryl methyl sites for hydroxylation is 1. The predicted octanol–water partition coefficient (Wildman–Crippen LogP) is 3.50. The minimum Gasteiger partial charge on any atom is -0.487 e. The summed E-state index contributed by atoms with van der Waals surface area (Å²) in [5, 5.41) is 3.39. The first-order valence-corrected chi connectivity index (χ1v) is 10.3. The van der Waals surface area contributed by atoms with E-state index in [2.05, 4.69) is 17.2 Å². The third-order valence-corrected chi connectivity index (χ3v) is 5.63. The molecular formula is C21H26F2N4OS. The van der Waals surface area contributed by atoms with Crippen molar-refractivity contribution in [2.24, 2.45) is 11.7 Å². The predicted molar refractivity (Wildman–Crippen MR) is 112 cm³/mol. The topological polar surface area (TPSA) is 73.1 Å². The average Bonchev–Trinajstić information content (AvgIpc) is 2.73. The quantitative estimate of drug-likeness (QED) is 0.668. The van der Waals surface area contributed by atoms with Gasteiger partial charge in [-0.25, -0.2) is 18.7 Å². The lowest BCUT2D eigenvalue weighted by Crippen LogP contribution is -2.43. The van der Waals surface area contributed by atoms with Crippen molar-refractivity contribution in [3.8, 4) is 5.75 Å². The molecule has 29 heavy (non-hydrogen) atoms. The van der Waals surface area contributed by atoms with Gasteiger partial charge in [0, 0.05) is 30.3 Å². The van der Waals surface area contributed by atoms with Gasteiger partial charge in [-0.1, -0.05) is 26.1 Å². The molecule has 1 aromatic heterocycles. The van der Waals surface area contributed by atoms with E-state index < -0.39 is 17.2 Å². The fraction of sp³-hybridized carbons (Fsp3) is 0.476. The van der Waals surface area contributed by atoms with E-state index in [0.29, 0.717) is 6.42 Å². The van der Waals surface area contributed by atoms with Crippen molar-refractivity contribution in [1.29, 1.82) is 0 Å². The third-order valence-electron chi connectivity index (χ3n) is 5.42. The number of piperidine rings is 1. The minimum atomic E-state index is -0.856. The Kier molecular flexibility index (Phi) is 7.08. The van der Waals surface area contributed by atoms with E-state index in [1.54, 1.807) is 6.20 Å². The SMILES string of the molecule is CCc1ccnc(C2CNCCC2C(CC)Oc2ccc(F)c(C(N)=S)c2F)n1. The highest BCUT2D eigenvalue weighted by Crippen LogP contribution is 2.35. The summed E-state index contributed by atoms with van der Waals surface area (Å²) in [7, 11) is 0. The van der Waals surface area contributed by atoms with E-state index in [-0.39, 0.29) is 28.7 Å². The molecule has 2 aromatic rings. The van der Waals surface area contributed by atoms with Crippen LogP contribution in [-0.4, -0.2) is 34.1 Å². The summed E-state index contributed by atoms with van der Waals surface area (Å²) in [5.74, 6) is -0.788. The maximum atomic E-state index is 14.8. The smallest absolute Gasteiger partial charge is 0.178 e. The first-order chi connectivity index (χ1) is 14.0. The molecule has 3 rings (SSSR count). The Morgan fingerprint density at radius 3 is 2.83 bits per heavy atom.